The molecule has 0 amide bonds. The molecular formula is C12H16BrClN4O. The Morgan fingerprint density at radius 3 is 2.95 bits per heavy atom. The van der Waals surface area contributed by atoms with Crippen LogP contribution < -0.4 is 15.5 Å². The summed E-state index contributed by atoms with van der Waals surface area (Å²) < 4.78 is 6.31. The summed E-state index contributed by atoms with van der Waals surface area (Å²) in [6.45, 7) is 3.57. The second kappa shape index (κ2) is 7.35. The normalized spacial score (nSPS) is 14.3. The van der Waals surface area contributed by atoms with E-state index in [2.05, 4.69) is 36.8 Å². The molecule has 1 aromatic rings. The number of methoxy groups -OCH3 is 1. The molecular weight excluding hydrogens is 332 g/mol. The number of rotatable bonds is 3. The van der Waals surface area contributed by atoms with Gasteiger partial charge in [-0.3, -0.25) is 0 Å². The van der Waals surface area contributed by atoms with Crippen molar-refractivity contribution in [2.24, 2.45) is 10.1 Å². The van der Waals surface area contributed by atoms with E-state index in [1.807, 2.05) is 25.1 Å². The summed E-state index contributed by atoms with van der Waals surface area (Å²) in [6.07, 6.45) is 0. The Hall–Kier alpha value is -1.27. The minimum absolute atomic E-state index is 0. The molecule has 19 heavy (non-hydrogen) atoms. The monoisotopic (exact) mass is 346 g/mol. The van der Waals surface area contributed by atoms with Gasteiger partial charge >= 0.3 is 0 Å². The van der Waals surface area contributed by atoms with Gasteiger partial charge in [0.25, 0.3) is 0 Å². The highest BCUT2D eigenvalue weighted by Crippen LogP contribution is 2.23. The van der Waals surface area contributed by atoms with Crippen molar-refractivity contribution >= 4 is 40.0 Å². The molecule has 0 saturated carbocycles. The Labute approximate surface area is 127 Å². The van der Waals surface area contributed by atoms with Gasteiger partial charge in [0.05, 0.1) is 19.4 Å². The standard InChI is InChI=1S/C12H15BrN4O.ClH/c1-8(16-17-12-14-5-6-15-12)10-7-9(13)3-4-11(10)18-2;/h3-4,7H,5-6H2,1-2H3,(H2,14,15,17);1H/b16-8+;. The second-order valence-electron chi connectivity index (χ2n) is 3.81. The number of aliphatic imine (C=N–C) groups is 1. The lowest BCUT2D eigenvalue weighted by Crippen LogP contribution is -2.30. The van der Waals surface area contributed by atoms with Crippen molar-refractivity contribution in [3.63, 3.8) is 0 Å². The molecule has 0 aromatic heterocycles. The first-order valence-corrected chi connectivity index (χ1v) is 6.42. The molecule has 0 spiro atoms. The molecule has 0 fully saturated rings. The van der Waals surface area contributed by atoms with Crippen LogP contribution in [0.15, 0.2) is 32.8 Å². The topological polar surface area (TPSA) is 58.0 Å². The van der Waals surface area contributed by atoms with Crippen LogP contribution in [0, 0.1) is 0 Å². The summed E-state index contributed by atoms with van der Waals surface area (Å²) in [6, 6.07) is 5.82. The number of guanidine groups is 1. The van der Waals surface area contributed by atoms with Crippen molar-refractivity contribution in [2.75, 3.05) is 20.2 Å². The highest BCUT2D eigenvalue weighted by Gasteiger charge is 2.08. The summed E-state index contributed by atoms with van der Waals surface area (Å²) in [4.78, 5) is 4.21. The molecule has 0 radical (unpaired) electrons. The van der Waals surface area contributed by atoms with Crippen molar-refractivity contribution in [3.8, 4) is 5.75 Å². The lowest BCUT2D eigenvalue weighted by atomic mass is 10.1. The average molecular weight is 348 g/mol. The molecule has 1 aromatic carbocycles. The highest BCUT2D eigenvalue weighted by atomic mass is 79.9. The van der Waals surface area contributed by atoms with Gasteiger partial charge in [-0.15, -0.1) is 12.4 Å². The van der Waals surface area contributed by atoms with Crippen LogP contribution in [0.3, 0.4) is 0 Å². The third kappa shape index (κ3) is 4.11. The van der Waals surface area contributed by atoms with E-state index < -0.39 is 0 Å². The SMILES string of the molecule is COc1ccc(Br)cc1/C(C)=N/NC1=NCCN1.Cl. The number of hydrogen-bond donors (Lipinski definition) is 2. The number of hydrazone groups is 1. The Kier molecular flexibility index (Phi) is 6.11. The molecule has 0 saturated heterocycles. The van der Waals surface area contributed by atoms with Gasteiger partial charge in [-0.05, 0) is 25.1 Å². The Morgan fingerprint density at radius 2 is 2.32 bits per heavy atom. The minimum Gasteiger partial charge on any atom is -0.496 e. The van der Waals surface area contributed by atoms with Crippen LogP contribution in [0.25, 0.3) is 0 Å². The van der Waals surface area contributed by atoms with E-state index in [9.17, 15) is 0 Å². The van der Waals surface area contributed by atoms with E-state index in [-0.39, 0.29) is 12.4 Å². The molecule has 2 rings (SSSR count). The lowest BCUT2D eigenvalue weighted by molar-refractivity contribution is 0.414. The van der Waals surface area contributed by atoms with Gasteiger partial charge < -0.3 is 10.1 Å². The number of hydrogen-bond acceptors (Lipinski definition) is 5. The molecule has 0 bridgehead atoms. The van der Waals surface area contributed by atoms with Crippen molar-refractivity contribution in [3.05, 3.63) is 28.2 Å². The van der Waals surface area contributed by atoms with Crippen LogP contribution in [0.5, 0.6) is 5.75 Å². The molecule has 1 aliphatic rings. The van der Waals surface area contributed by atoms with Gasteiger partial charge in [-0.1, -0.05) is 15.9 Å². The summed E-state index contributed by atoms with van der Waals surface area (Å²) in [5, 5.41) is 7.39. The smallest absolute Gasteiger partial charge is 0.212 e. The quantitative estimate of drug-likeness (QED) is 0.651. The molecule has 104 valence electrons. The van der Waals surface area contributed by atoms with E-state index in [4.69, 9.17) is 4.74 Å². The van der Waals surface area contributed by atoms with Crippen LogP contribution in [-0.2, 0) is 0 Å². The number of ether oxygens (including phenoxy) is 1. The highest BCUT2D eigenvalue weighted by molar-refractivity contribution is 9.10. The van der Waals surface area contributed by atoms with Crippen molar-refractivity contribution in [1.82, 2.24) is 10.7 Å². The fourth-order valence-corrected chi connectivity index (χ4v) is 1.99. The van der Waals surface area contributed by atoms with E-state index in [1.165, 1.54) is 0 Å². The first-order valence-electron chi connectivity index (χ1n) is 5.63. The molecule has 1 heterocycles. The van der Waals surface area contributed by atoms with E-state index >= 15 is 0 Å². The van der Waals surface area contributed by atoms with Gasteiger partial charge in [-0.25, -0.2) is 10.4 Å². The van der Waals surface area contributed by atoms with Gasteiger partial charge in [0.15, 0.2) is 0 Å². The number of halogens is 2. The largest absolute Gasteiger partial charge is 0.496 e. The summed E-state index contributed by atoms with van der Waals surface area (Å²) in [5.74, 6) is 1.51. The van der Waals surface area contributed by atoms with Crippen molar-refractivity contribution in [2.45, 2.75) is 6.92 Å². The van der Waals surface area contributed by atoms with Crippen LogP contribution in [0.4, 0.5) is 0 Å². The molecule has 5 nitrogen and oxygen atoms in total. The summed E-state index contributed by atoms with van der Waals surface area (Å²) in [7, 11) is 1.65. The molecule has 0 unspecified atom stereocenters. The van der Waals surface area contributed by atoms with Gasteiger partial charge in [0.1, 0.15) is 5.75 Å². The predicted octanol–water partition coefficient (Wildman–Crippen LogP) is 2.15. The fourth-order valence-electron chi connectivity index (χ4n) is 1.63. The molecule has 2 N–H and O–H groups in total. The second-order valence-corrected chi connectivity index (χ2v) is 4.73. The average Bonchev–Trinajstić information content (AvgIpc) is 2.89. The van der Waals surface area contributed by atoms with E-state index in [0.29, 0.717) is 5.96 Å². The van der Waals surface area contributed by atoms with Crippen molar-refractivity contribution in [1.29, 1.82) is 0 Å². The maximum Gasteiger partial charge on any atom is 0.212 e. The zero-order valence-electron chi connectivity index (χ0n) is 10.7. The van der Waals surface area contributed by atoms with E-state index in [0.717, 1.165) is 34.6 Å². The fraction of sp³-hybridized carbons (Fsp3) is 0.333. The third-order valence-corrected chi connectivity index (χ3v) is 3.05. The molecule has 1 aliphatic heterocycles. The van der Waals surface area contributed by atoms with Crippen LogP contribution in [0.2, 0.25) is 0 Å². The van der Waals surface area contributed by atoms with Gasteiger partial charge in [-0.2, -0.15) is 5.10 Å². The lowest BCUT2D eigenvalue weighted by Gasteiger charge is -2.09. The van der Waals surface area contributed by atoms with E-state index in [1.54, 1.807) is 7.11 Å². The Morgan fingerprint density at radius 1 is 1.53 bits per heavy atom. The van der Waals surface area contributed by atoms with Gasteiger partial charge in [0, 0.05) is 16.6 Å². The van der Waals surface area contributed by atoms with Gasteiger partial charge in [0.2, 0.25) is 5.96 Å². The number of nitrogens with one attached hydrogen (secondary N) is 2. The zero-order chi connectivity index (χ0) is 13.0. The molecule has 7 heteroatoms. The first kappa shape index (κ1) is 15.8. The third-order valence-electron chi connectivity index (χ3n) is 2.55. The minimum atomic E-state index is 0. The Bertz CT molecular complexity index is 505. The molecule has 0 atom stereocenters. The maximum absolute atomic E-state index is 5.32. The van der Waals surface area contributed by atoms with Crippen molar-refractivity contribution < 1.29 is 4.74 Å². The maximum atomic E-state index is 5.32. The number of nitrogens with zero attached hydrogens (tertiary/aromatic N) is 2. The Balaban J connectivity index is 0.00000180. The van der Waals surface area contributed by atoms with Crippen LogP contribution in [0.1, 0.15) is 12.5 Å². The zero-order valence-corrected chi connectivity index (χ0v) is 13.1. The predicted molar refractivity (Wildman–Crippen MR) is 83.6 cm³/mol. The number of benzene rings is 1. The first-order chi connectivity index (χ1) is 8.70. The van der Waals surface area contributed by atoms with Crippen LogP contribution >= 0.6 is 28.3 Å². The summed E-state index contributed by atoms with van der Waals surface area (Å²) >= 11 is 3.44. The summed E-state index contributed by atoms with van der Waals surface area (Å²) in [5.41, 5.74) is 4.69. The van der Waals surface area contributed by atoms with Crippen LogP contribution in [-0.4, -0.2) is 31.9 Å². The molecule has 0 aliphatic carbocycles.